The Morgan fingerprint density at radius 2 is 1.96 bits per heavy atom. The molecule has 2 N–H and O–H groups in total. The van der Waals surface area contributed by atoms with Crippen molar-refractivity contribution in [1.82, 2.24) is 15.3 Å². The highest BCUT2D eigenvalue weighted by Crippen LogP contribution is 2.16. The van der Waals surface area contributed by atoms with Crippen LogP contribution in [0.1, 0.15) is 40.4 Å². The molecule has 2 aromatic rings. The number of aryl methyl sites for hydroxylation is 1. The molecule has 0 aliphatic heterocycles. The predicted octanol–water partition coefficient (Wildman–Crippen LogP) is 2.70. The number of carbonyl (C=O) groups is 2. The molecule has 7 heteroatoms. The summed E-state index contributed by atoms with van der Waals surface area (Å²) in [4.78, 5) is 32.3. The van der Waals surface area contributed by atoms with Crippen molar-refractivity contribution in [1.29, 1.82) is 0 Å². The maximum atomic E-state index is 12.2. The van der Waals surface area contributed by atoms with Crippen LogP contribution >= 0.6 is 0 Å². The Labute approximate surface area is 146 Å². The fourth-order valence-corrected chi connectivity index (χ4v) is 2.10. The van der Waals surface area contributed by atoms with E-state index in [1.807, 2.05) is 13.8 Å². The molecule has 7 nitrogen and oxygen atoms in total. The van der Waals surface area contributed by atoms with Crippen molar-refractivity contribution in [2.45, 2.75) is 20.8 Å². The molecule has 132 valence electrons. The number of hydrogen-bond acceptors (Lipinski definition) is 6. The van der Waals surface area contributed by atoms with E-state index in [-0.39, 0.29) is 11.9 Å². The van der Waals surface area contributed by atoms with Crippen LogP contribution in [0.3, 0.4) is 0 Å². The van der Waals surface area contributed by atoms with E-state index in [1.54, 1.807) is 37.3 Å². The number of aromatic nitrogens is 2. The molecule has 0 aliphatic carbocycles. The minimum absolute atomic E-state index is 0.245. The summed E-state index contributed by atoms with van der Waals surface area (Å²) >= 11 is 0. The molecule has 1 aromatic carbocycles. The van der Waals surface area contributed by atoms with E-state index >= 15 is 0 Å². The maximum Gasteiger partial charge on any atom is 0.337 e. The molecule has 25 heavy (non-hydrogen) atoms. The number of ether oxygens (including phenoxy) is 1. The van der Waals surface area contributed by atoms with E-state index in [0.717, 1.165) is 0 Å². The number of nitrogens with zero attached hydrogens (tertiary/aromatic N) is 2. The Hall–Kier alpha value is -2.96. The van der Waals surface area contributed by atoms with E-state index in [2.05, 4.69) is 20.6 Å². The average Bonchev–Trinajstić information content (AvgIpc) is 2.58. The molecular formula is C18H22N4O3. The third kappa shape index (κ3) is 5.27. The molecular weight excluding hydrogens is 320 g/mol. The molecule has 0 fully saturated rings. The Morgan fingerprint density at radius 3 is 2.64 bits per heavy atom. The monoisotopic (exact) mass is 342 g/mol. The van der Waals surface area contributed by atoms with Crippen molar-refractivity contribution in [3.63, 3.8) is 0 Å². The smallest absolute Gasteiger partial charge is 0.337 e. The summed E-state index contributed by atoms with van der Waals surface area (Å²) in [5.41, 5.74) is 1.99. The summed E-state index contributed by atoms with van der Waals surface area (Å²) in [6, 6.07) is 8.41. The summed E-state index contributed by atoms with van der Waals surface area (Å²) in [5.74, 6) is -0.0321. The van der Waals surface area contributed by atoms with Crippen LogP contribution in [0, 0.1) is 12.8 Å². The topological polar surface area (TPSA) is 93.2 Å². The third-order valence-corrected chi connectivity index (χ3v) is 3.30. The Balaban J connectivity index is 2.20. The molecule has 0 aliphatic rings. The van der Waals surface area contributed by atoms with Crippen LogP contribution in [-0.4, -0.2) is 35.5 Å². The van der Waals surface area contributed by atoms with Crippen LogP contribution in [0.2, 0.25) is 0 Å². The van der Waals surface area contributed by atoms with Gasteiger partial charge in [0, 0.05) is 17.9 Å². The zero-order chi connectivity index (χ0) is 18.4. The number of rotatable bonds is 6. The Kier molecular flexibility index (Phi) is 6.05. The number of amides is 1. The lowest BCUT2D eigenvalue weighted by molar-refractivity contribution is 0.0600. The van der Waals surface area contributed by atoms with Gasteiger partial charge in [-0.15, -0.1) is 0 Å². The largest absolute Gasteiger partial charge is 0.465 e. The molecule has 0 saturated carbocycles. The Morgan fingerprint density at radius 1 is 1.20 bits per heavy atom. The molecule has 2 rings (SSSR count). The molecule has 0 saturated heterocycles. The highest BCUT2D eigenvalue weighted by atomic mass is 16.5. The van der Waals surface area contributed by atoms with Gasteiger partial charge in [0.05, 0.1) is 12.7 Å². The first kappa shape index (κ1) is 18.4. The lowest BCUT2D eigenvalue weighted by atomic mass is 10.2. The molecule has 0 atom stereocenters. The lowest BCUT2D eigenvalue weighted by Crippen LogP contribution is -2.28. The minimum atomic E-state index is -0.428. The SMILES string of the molecule is COC(=O)c1cccc(Nc2nc(C)cc(C(=O)NCC(C)C)n2)c1. The van der Waals surface area contributed by atoms with Gasteiger partial charge in [-0.05, 0) is 37.1 Å². The van der Waals surface area contributed by atoms with E-state index in [9.17, 15) is 9.59 Å². The van der Waals surface area contributed by atoms with Gasteiger partial charge in [-0.3, -0.25) is 4.79 Å². The number of hydrogen-bond donors (Lipinski definition) is 2. The molecule has 1 aromatic heterocycles. The molecule has 0 unspecified atom stereocenters. The molecule has 1 heterocycles. The fraction of sp³-hybridized carbons (Fsp3) is 0.333. The van der Waals surface area contributed by atoms with Gasteiger partial charge < -0.3 is 15.4 Å². The molecule has 0 spiro atoms. The van der Waals surface area contributed by atoms with Crippen LogP contribution in [-0.2, 0) is 4.74 Å². The summed E-state index contributed by atoms with van der Waals surface area (Å²) in [5, 5.41) is 5.84. The molecule has 0 radical (unpaired) electrons. The highest BCUT2D eigenvalue weighted by molar-refractivity contribution is 5.93. The fourth-order valence-electron chi connectivity index (χ4n) is 2.10. The molecule has 1 amide bonds. The van der Waals surface area contributed by atoms with Gasteiger partial charge in [-0.2, -0.15) is 0 Å². The summed E-state index contributed by atoms with van der Waals surface area (Å²) in [7, 11) is 1.33. The van der Waals surface area contributed by atoms with E-state index < -0.39 is 5.97 Å². The first-order valence-electron chi connectivity index (χ1n) is 7.98. The summed E-state index contributed by atoms with van der Waals surface area (Å²) in [6.07, 6.45) is 0. The summed E-state index contributed by atoms with van der Waals surface area (Å²) in [6.45, 7) is 6.41. The van der Waals surface area contributed by atoms with Crippen molar-refractivity contribution in [2.24, 2.45) is 5.92 Å². The third-order valence-electron chi connectivity index (χ3n) is 3.30. The van der Waals surface area contributed by atoms with Crippen LogP contribution in [0.5, 0.6) is 0 Å². The Bertz CT molecular complexity index is 775. The second-order valence-electron chi connectivity index (χ2n) is 6.02. The van der Waals surface area contributed by atoms with Gasteiger partial charge in [0.15, 0.2) is 0 Å². The van der Waals surface area contributed by atoms with Crippen molar-refractivity contribution in [3.8, 4) is 0 Å². The van der Waals surface area contributed by atoms with Gasteiger partial charge in [0.1, 0.15) is 5.69 Å². The normalized spacial score (nSPS) is 10.4. The number of nitrogens with one attached hydrogen (secondary N) is 2. The second-order valence-corrected chi connectivity index (χ2v) is 6.02. The van der Waals surface area contributed by atoms with E-state index in [1.165, 1.54) is 7.11 Å². The predicted molar refractivity (Wildman–Crippen MR) is 95.0 cm³/mol. The van der Waals surface area contributed by atoms with E-state index in [0.29, 0.717) is 35.1 Å². The maximum absolute atomic E-state index is 12.2. The number of esters is 1. The first-order valence-corrected chi connectivity index (χ1v) is 7.98. The van der Waals surface area contributed by atoms with Gasteiger partial charge in [-0.25, -0.2) is 14.8 Å². The van der Waals surface area contributed by atoms with Crippen molar-refractivity contribution in [2.75, 3.05) is 19.0 Å². The minimum Gasteiger partial charge on any atom is -0.465 e. The van der Waals surface area contributed by atoms with Crippen molar-refractivity contribution < 1.29 is 14.3 Å². The van der Waals surface area contributed by atoms with Gasteiger partial charge in [-0.1, -0.05) is 19.9 Å². The zero-order valence-electron chi connectivity index (χ0n) is 14.8. The van der Waals surface area contributed by atoms with Crippen molar-refractivity contribution in [3.05, 3.63) is 47.3 Å². The lowest BCUT2D eigenvalue weighted by Gasteiger charge is -2.10. The van der Waals surface area contributed by atoms with Gasteiger partial charge in [0.2, 0.25) is 5.95 Å². The van der Waals surface area contributed by atoms with Crippen molar-refractivity contribution >= 4 is 23.5 Å². The molecule has 0 bridgehead atoms. The first-order chi connectivity index (χ1) is 11.9. The standard InChI is InChI=1S/C18H22N4O3/c1-11(2)10-19-16(23)15-8-12(3)20-18(22-15)21-14-7-5-6-13(9-14)17(24)25-4/h5-9,11H,10H2,1-4H3,(H,19,23)(H,20,21,22). The highest BCUT2D eigenvalue weighted by Gasteiger charge is 2.12. The number of anilines is 2. The average molecular weight is 342 g/mol. The number of methoxy groups -OCH3 is 1. The quantitative estimate of drug-likeness (QED) is 0.784. The van der Waals surface area contributed by atoms with Crippen LogP contribution in [0.15, 0.2) is 30.3 Å². The number of benzene rings is 1. The van der Waals surface area contributed by atoms with Crippen LogP contribution in [0.4, 0.5) is 11.6 Å². The second kappa shape index (κ2) is 8.23. The number of carbonyl (C=O) groups excluding carboxylic acids is 2. The van der Waals surface area contributed by atoms with Gasteiger partial charge in [0.25, 0.3) is 5.91 Å². The summed E-state index contributed by atoms with van der Waals surface area (Å²) < 4.78 is 4.71. The van der Waals surface area contributed by atoms with Crippen LogP contribution < -0.4 is 10.6 Å². The van der Waals surface area contributed by atoms with E-state index in [4.69, 9.17) is 4.74 Å². The zero-order valence-corrected chi connectivity index (χ0v) is 14.8. The van der Waals surface area contributed by atoms with Crippen LogP contribution in [0.25, 0.3) is 0 Å². The van der Waals surface area contributed by atoms with Gasteiger partial charge >= 0.3 is 5.97 Å².